The number of hydrogen-bond acceptors (Lipinski definition) is 3. The van der Waals surface area contributed by atoms with E-state index in [1.165, 1.54) is 89.9 Å². The minimum Gasteiger partial charge on any atom is -0.481 e. The van der Waals surface area contributed by atoms with E-state index in [4.69, 9.17) is 10.2 Å². The van der Waals surface area contributed by atoms with E-state index in [1.807, 2.05) is 0 Å². The molecule has 0 saturated heterocycles. The van der Waals surface area contributed by atoms with E-state index in [1.54, 1.807) is 0 Å². The van der Waals surface area contributed by atoms with Crippen LogP contribution in [0.1, 0.15) is 116 Å². The third-order valence-corrected chi connectivity index (χ3v) is 5.10. The zero-order valence-corrected chi connectivity index (χ0v) is 17.5. The van der Waals surface area contributed by atoms with Gasteiger partial charge in [-0.1, -0.05) is 103 Å². The van der Waals surface area contributed by atoms with Crippen molar-refractivity contribution in [2.45, 2.75) is 122 Å². The Morgan fingerprint density at radius 2 is 1.04 bits per heavy atom. The third kappa shape index (κ3) is 19.5. The fraction of sp³-hybridized carbons (Fsp3) is 0.909. The predicted octanol–water partition coefficient (Wildman–Crippen LogP) is 5.77. The SMILES string of the molecule is CCCCCCCCCCCCCCCCCCN[C@@H](CC(=O)O)C(=O)O. The minimum atomic E-state index is -1.09. The van der Waals surface area contributed by atoms with Gasteiger partial charge in [-0.15, -0.1) is 0 Å². The molecule has 0 aromatic rings. The highest BCUT2D eigenvalue weighted by atomic mass is 16.4. The van der Waals surface area contributed by atoms with E-state index in [2.05, 4.69) is 12.2 Å². The first kappa shape index (κ1) is 25.9. The quantitative estimate of drug-likeness (QED) is 0.218. The summed E-state index contributed by atoms with van der Waals surface area (Å²) in [5.74, 6) is -2.17. The van der Waals surface area contributed by atoms with E-state index >= 15 is 0 Å². The number of nitrogens with one attached hydrogen (secondary N) is 1. The second-order valence-electron chi connectivity index (χ2n) is 7.75. The molecule has 0 aromatic heterocycles. The molecular formula is C22H43NO4. The summed E-state index contributed by atoms with van der Waals surface area (Å²) >= 11 is 0. The minimum absolute atomic E-state index is 0.367. The molecule has 0 radical (unpaired) electrons. The lowest BCUT2D eigenvalue weighted by Crippen LogP contribution is -2.39. The first-order valence-electron chi connectivity index (χ1n) is 11.3. The highest BCUT2D eigenvalue weighted by Crippen LogP contribution is 2.13. The van der Waals surface area contributed by atoms with E-state index in [9.17, 15) is 9.59 Å². The Morgan fingerprint density at radius 3 is 1.37 bits per heavy atom. The fourth-order valence-electron chi connectivity index (χ4n) is 3.37. The molecule has 0 unspecified atom stereocenters. The topological polar surface area (TPSA) is 86.6 Å². The van der Waals surface area contributed by atoms with Crippen LogP contribution in [0.3, 0.4) is 0 Å². The maximum absolute atomic E-state index is 10.9. The first-order valence-corrected chi connectivity index (χ1v) is 11.3. The molecule has 0 aliphatic heterocycles. The van der Waals surface area contributed by atoms with Gasteiger partial charge in [0.1, 0.15) is 6.04 Å². The zero-order chi connectivity index (χ0) is 20.2. The van der Waals surface area contributed by atoms with Gasteiger partial charge in [-0.3, -0.25) is 9.59 Å². The van der Waals surface area contributed by atoms with Crippen molar-refractivity contribution in [2.24, 2.45) is 0 Å². The Morgan fingerprint density at radius 1 is 0.667 bits per heavy atom. The Kier molecular flexibility index (Phi) is 18.9. The van der Waals surface area contributed by atoms with Gasteiger partial charge in [-0.05, 0) is 13.0 Å². The standard InChI is InChI=1S/C22H43NO4/c1-2-3-4-5-6-7-8-9-10-11-12-13-14-15-16-17-18-23-20(22(26)27)19-21(24)25/h20,23H,2-19H2,1H3,(H,24,25)(H,26,27)/t20-/m0/s1. The van der Waals surface area contributed by atoms with Crippen LogP contribution in [-0.4, -0.2) is 34.7 Å². The fourth-order valence-corrected chi connectivity index (χ4v) is 3.37. The normalized spacial score (nSPS) is 12.2. The summed E-state index contributed by atoms with van der Waals surface area (Å²) in [7, 11) is 0. The monoisotopic (exact) mass is 385 g/mol. The molecule has 0 heterocycles. The Balaban J connectivity index is 3.24. The van der Waals surface area contributed by atoms with E-state index in [0.29, 0.717) is 6.54 Å². The molecule has 160 valence electrons. The van der Waals surface area contributed by atoms with Crippen LogP contribution < -0.4 is 5.32 Å². The Bertz CT molecular complexity index is 360. The molecule has 0 aliphatic carbocycles. The summed E-state index contributed by atoms with van der Waals surface area (Å²) in [6.45, 7) is 2.83. The molecule has 5 heteroatoms. The lowest BCUT2D eigenvalue weighted by Gasteiger charge is -2.11. The van der Waals surface area contributed by atoms with Crippen LogP contribution >= 0.6 is 0 Å². The zero-order valence-electron chi connectivity index (χ0n) is 17.5. The van der Waals surface area contributed by atoms with Crippen LogP contribution in [0.4, 0.5) is 0 Å². The number of rotatable bonds is 21. The van der Waals surface area contributed by atoms with E-state index in [0.717, 1.165) is 12.8 Å². The molecule has 0 aromatic carbocycles. The molecular weight excluding hydrogens is 342 g/mol. The average molecular weight is 386 g/mol. The van der Waals surface area contributed by atoms with Crippen LogP contribution in [0.5, 0.6) is 0 Å². The Labute approximate surface area is 166 Å². The third-order valence-electron chi connectivity index (χ3n) is 5.10. The molecule has 0 rings (SSSR count). The lowest BCUT2D eigenvalue weighted by atomic mass is 10.0. The van der Waals surface area contributed by atoms with Crippen molar-refractivity contribution >= 4 is 11.9 Å². The number of unbranched alkanes of at least 4 members (excludes halogenated alkanes) is 15. The second kappa shape index (κ2) is 19.7. The van der Waals surface area contributed by atoms with E-state index in [-0.39, 0.29) is 6.42 Å². The summed E-state index contributed by atoms with van der Waals surface area (Å²) < 4.78 is 0. The van der Waals surface area contributed by atoms with Crippen molar-refractivity contribution in [2.75, 3.05) is 6.54 Å². The van der Waals surface area contributed by atoms with Crippen molar-refractivity contribution in [1.82, 2.24) is 5.32 Å². The van der Waals surface area contributed by atoms with Crippen LogP contribution in [0.2, 0.25) is 0 Å². The number of carbonyl (C=O) groups is 2. The van der Waals surface area contributed by atoms with Crippen LogP contribution in [0, 0.1) is 0 Å². The van der Waals surface area contributed by atoms with Crippen molar-refractivity contribution < 1.29 is 19.8 Å². The van der Waals surface area contributed by atoms with Gasteiger partial charge in [-0.25, -0.2) is 0 Å². The maximum Gasteiger partial charge on any atom is 0.321 e. The number of carboxylic acids is 2. The largest absolute Gasteiger partial charge is 0.481 e. The second-order valence-corrected chi connectivity index (χ2v) is 7.75. The Hall–Kier alpha value is -1.10. The van der Waals surface area contributed by atoms with Gasteiger partial charge in [0.2, 0.25) is 0 Å². The molecule has 27 heavy (non-hydrogen) atoms. The van der Waals surface area contributed by atoms with Gasteiger partial charge in [0.25, 0.3) is 0 Å². The van der Waals surface area contributed by atoms with Gasteiger partial charge < -0.3 is 15.5 Å². The molecule has 0 bridgehead atoms. The summed E-state index contributed by atoms with van der Waals surface area (Å²) in [5.41, 5.74) is 0. The smallest absolute Gasteiger partial charge is 0.321 e. The van der Waals surface area contributed by atoms with Gasteiger partial charge in [0.15, 0.2) is 0 Å². The molecule has 1 atom stereocenters. The first-order chi connectivity index (χ1) is 13.1. The molecule has 0 saturated carbocycles. The van der Waals surface area contributed by atoms with E-state index < -0.39 is 18.0 Å². The van der Waals surface area contributed by atoms with Crippen molar-refractivity contribution in [3.05, 3.63) is 0 Å². The molecule has 0 amide bonds. The number of hydrogen-bond donors (Lipinski definition) is 3. The van der Waals surface area contributed by atoms with Crippen molar-refractivity contribution in [3.63, 3.8) is 0 Å². The highest BCUT2D eigenvalue weighted by Gasteiger charge is 2.19. The highest BCUT2D eigenvalue weighted by molar-refractivity contribution is 5.80. The molecule has 3 N–H and O–H groups in total. The van der Waals surface area contributed by atoms with Gasteiger partial charge >= 0.3 is 11.9 Å². The average Bonchev–Trinajstić information content (AvgIpc) is 2.62. The summed E-state index contributed by atoms with van der Waals surface area (Å²) in [6, 6.07) is -0.973. The van der Waals surface area contributed by atoms with Crippen LogP contribution in [-0.2, 0) is 9.59 Å². The van der Waals surface area contributed by atoms with Gasteiger partial charge in [0.05, 0.1) is 6.42 Å². The van der Waals surface area contributed by atoms with Gasteiger partial charge in [-0.2, -0.15) is 0 Å². The summed E-state index contributed by atoms with van der Waals surface area (Å²) in [5, 5.41) is 20.4. The molecule has 0 spiro atoms. The van der Waals surface area contributed by atoms with Gasteiger partial charge in [0, 0.05) is 0 Å². The van der Waals surface area contributed by atoms with Crippen molar-refractivity contribution in [1.29, 1.82) is 0 Å². The van der Waals surface area contributed by atoms with Crippen LogP contribution in [0.25, 0.3) is 0 Å². The summed E-state index contributed by atoms with van der Waals surface area (Å²) in [6.07, 6.45) is 20.5. The lowest BCUT2D eigenvalue weighted by molar-refractivity contribution is -0.145. The molecule has 5 nitrogen and oxygen atoms in total. The van der Waals surface area contributed by atoms with Crippen LogP contribution in [0.15, 0.2) is 0 Å². The molecule has 0 aliphatic rings. The number of carboxylic acid groups (broad SMARTS) is 2. The van der Waals surface area contributed by atoms with Crippen molar-refractivity contribution in [3.8, 4) is 0 Å². The molecule has 0 fully saturated rings. The maximum atomic E-state index is 10.9. The predicted molar refractivity (Wildman–Crippen MR) is 111 cm³/mol. The summed E-state index contributed by atoms with van der Waals surface area (Å²) in [4.78, 5) is 21.5. The number of aliphatic carboxylic acids is 2.